The summed E-state index contributed by atoms with van der Waals surface area (Å²) in [5.41, 5.74) is 7.10. The van der Waals surface area contributed by atoms with Crippen molar-refractivity contribution in [1.82, 2.24) is 9.80 Å². The van der Waals surface area contributed by atoms with E-state index in [4.69, 9.17) is 5.73 Å². The molecule has 0 radical (unpaired) electrons. The van der Waals surface area contributed by atoms with Gasteiger partial charge in [-0.2, -0.15) is 13.2 Å². The number of rotatable bonds is 5. The molecule has 2 aromatic rings. The molecule has 2 aromatic carbocycles. The molecule has 1 unspecified atom stereocenters. The number of halogens is 3. The van der Waals surface area contributed by atoms with Crippen LogP contribution >= 0.6 is 0 Å². The van der Waals surface area contributed by atoms with Crippen molar-refractivity contribution >= 4 is 0 Å². The lowest BCUT2D eigenvalue weighted by atomic mass is 9.93. The van der Waals surface area contributed by atoms with Gasteiger partial charge >= 0.3 is 6.18 Å². The third-order valence-corrected chi connectivity index (χ3v) is 5.27. The second-order valence-corrected chi connectivity index (χ2v) is 7.33. The number of alkyl halides is 3. The highest BCUT2D eigenvalue weighted by molar-refractivity contribution is 5.69. The smallest absolute Gasteiger partial charge is 0.394 e. The van der Waals surface area contributed by atoms with Crippen molar-refractivity contribution in [2.24, 2.45) is 5.73 Å². The Labute approximate surface area is 163 Å². The monoisotopic (exact) mass is 393 g/mol. The highest BCUT2D eigenvalue weighted by Gasteiger charge is 2.35. The van der Waals surface area contributed by atoms with Crippen LogP contribution in [0.2, 0.25) is 0 Å². The van der Waals surface area contributed by atoms with Gasteiger partial charge in [0.05, 0.1) is 18.2 Å². The van der Waals surface area contributed by atoms with Gasteiger partial charge in [0.2, 0.25) is 0 Å². The van der Waals surface area contributed by atoms with E-state index >= 15 is 0 Å². The van der Waals surface area contributed by atoms with Gasteiger partial charge in [-0.25, -0.2) is 0 Å². The van der Waals surface area contributed by atoms with Gasteiger partial charge in [0.15, 0.2) is 0 Å². The fourth-order valence-electron chi connectivity index (χ4n) is 3.58. The van der Waals surface area contributed by atoms with Gasteiger partial charge in [0.25, 0.3) is 0 Å². The molecule has 1 aliphatic heterocycles. The van der Waals surface area contributed by atoms with Gasteiger partial charge in [-0.1, -0.05) is 36.4 Å². The molecule has 0 aliphatic carbocycles. The Hall–Kier alpha value is -1.93. The molecule has 0 aromatic heterocycles. The zero-order chi connectivity index (χ0) is 20.3. The third-order valence-electron chi connectivity index (χ3n) is 5.27. The molecule has 1 aliphatic rings. The lowest BCUT2D eigenvalue weighted by Gasteiger charge is -2.32. The molecule has 0 bridgehead atoms. The van der Waals surface area contributed by atoms with E-state index in [0.29, 0.717) is 12.1 Å². The number of hydrogen-bond donors (Lipinski definition) is 2. The van der Waals surface area contributed by atoms with Crippen LogP contribution in [0.1, 0.15) is 22.7 Å². The minimum atomic E-state index is -4.54. The molecule has 28 heavy (non-hydrogen) atoms. The number of hydrogen-bond acceptors (Lipinski definition) is 4. The van der Waals surface area contributed by atoms with E-state index in [-0.39, 0.29) is 5.56 Å². The lowest BCUT2D eigenvalue weighted by Crippen LogP contribution is -2.43. The zero-order valence-electron chi connectivity index (χ0n) is 15.9. The van der Waals surface area contributed by atoms with Crippen LogP contribution in [0.15, 0.2) is 42.5 Å². The Balaban J connectivity index is 1.95. The first-order valence-corrected chi connectivity index (χ1v) is 9.36. The highest BCUT2D eigenvalue weighted by atomic mass is 19.4. The quantitative estimate of drug-likeness (QED) is 0.820. The number of nitrogens with two attached hydrogens (primary N) is 1. The predicted octanol–water partition coefficient (Wildman–Crippen LogP) is 3.11. The largest absolute Gasteiger partial charge is 0.416 e. The molecule has 3 N–H and O–H groups in total. The summed E-state index contributed by atoms with van der Waals surface area (Å²) in [4.78, 5) is 4.58. The molecule has 7 heteroatoms. The summed E-state index contributed by atoms with van der Waals surface area (Å²) in [5, 5.41) is 9.21. The average Bonchev–Trinajstić information content (AvgIpc) is 2.68. The number of likely N-dealkylation sites (N-methyl/N-ethyl adjacent to an activating group) is 1. The normalized spacial score (nSPS) is 17.6. The number of nitrogens with zero attached hydrogens (tertiary/aromatic N) is 2. The zero-order valence-corrected chi connectivity index (χ0v) is 15.9. The minimum Gasteiger partial charge on any atom is -0.394 e. The van der Waals surface area contributed by atoms with Crippen molar-refractivity contribution in [3.63, 3.8) is 0 Å². The molecule has 0 saturated carbocycles. The molecule has 152 valence electrons. The van der Waals surface area contributed by atoms with Crippen LogP contribution in [0.4, 0.5) is 13.2 Å². The van der Waals surface area contributed by atoms with Crippen LogP contribution in [0.3, 0.4) is 0 Å². The Kier molecular flexibility index (Phi) is 6.40. The standard InChI is InChI=1S/C21H26F3N3O/c1-26-8-10-27(11-9-26)13-16-4-2-3-5-17(16)15-6-7-18(20(25)14-28)19(12-15)21(22,23)24/h2-7,12,20,28H,8-11,13-14,25H2,1H3. The molecular weight excluding hydrogens is 367 g/mol. The second-order valence-electron chi connectivity index (χ2n) is 7.33. The predicted molar refractivity (Wildman–Crippen MR) is 104 cm³/mol. The maximum absolute atomic E-state index is 13.6. The van der Waals surface area contributed by atoms with Gasteiger partial charge in [0, 0.05) is 32.7 Å². The first-order chi connectivity index (χ1) is 13.3. The van der Waals surface area contributed by atoms with Crippen LogP contribution in [-0.4, -0.2) is 54.7 Å². The summed E-state index contributed by atoms with van der Waals surface area (Å²) in [6.45, 7) is 3.99. The highest BCUT2D eigenvalue weighted by Crippen LogP contribution is 2.37. The number of aliphatic hydroxyl groups is 1. The van der Waals surface area contributed by atoms with E-state index in [0.717, 1.165) is 43.4 Å². The fraction of sp³-hybridized carbons (Fsp3) is 0.429. The first kappa shape index (κ1) is 20.8. The summed E-state index contributed by atoms with van der Waals surface area (Å²) >= 11 is 0. The van der Waals surface area contributed by atoms with E-state index in [1.807, 2.05) is 24.3 Å². The van der Waals surface area contributed by atoms with E-state index in [1.165, 1.54) is 6.07 Å². The van der Waals surface area contributed by atoms with Crippen molar-refractivity contribution < 1.29 is 18.3 Å². The molecule has 1 atom stereocenters. The fourth-order valence-corrected chi connectivity index (χ4v) is 3.58. The third kappa shape index (κ3) is 4.72. The van der Waals surface area contributed by atoms with E-state index in [9.17, 15) is 18.3 Å². The molecule has 3 rings (SSSR count). The Morgan fingerprint density at radius 2 is 1.75 bits per heavy atom. The summed E-state index contributed by atoms with van der Waals surface area (Å²) in [5.74, 6) is 0. The molecule has 4 nitrogen and oxygen atoms in total. The SMILES string of the molecule is CN1CCN(Cc2ccccc2-c2ccc(C(N)CO)c(C(F)(F)F)c2)CC1. The van der Waals surface area contributed by atoms with E-state index in [2.05, 4.69) is 16.8 Å². The van der Waals surface area contributed by atoms with Crippen molar-refractivity contribution in [2.45, 2.75) is 18.8 Å². The van der Waals surface area contributed by atoms with Gasteiger partial charge in [-0.05, 0) is 35.4 Å². The van der Waals surface area contributed by atoms with E-state index in [1.54, 1.807) is 6.07 Å². The lowest BCUT2D eigenvalue weighted by molar-refractivity contribution is -0.138. The van der Waals surface area contributed by atoms with Gasteiger partial charge in [-0.15, -0.1) is 0 Å². The summed E-state index contributed by atoms with van der Waals surface area (Å²) in [6.07, 6.45) is -4.54. The topological polar surface area (TPSA) is 52.7 Å². The van der Waals surface area contributed by atoms with Crippen molar-refractivity contribution in [3.05, 3.63) is 59.2 Å². The van der Waals surface area contributed by atoms with Crippen molar-refractivity contribution in [1.29, 1.82) is 0 Å². The second kappa shape index (κ2) is 8.61. The number of aliphatic hydroxyl groups excluding tert-OH is 1. The molecule has 1 fully saturated rings. The van der Waals surface area contributed by atoms with Gasteiger partial charge < -0.3 is 15.7 Å². The van der Waals surface area contributed by atoms with Crippen molar-refractivity contribution in [2.75, 3.05) is 39.8 Å². The van der Waals surface area contributed by atoms with E-state index < -0.39 is 24.4 Å². The Bertz CT molecular complexity index is 802. The van der Waals surface area contributed by atoms with Crippen LogP contribution in [0.25, 0.3) is 11.1 Å². The Morgan fingerprint density at radius 3 is 2.39 bits per heavy atom. The van der Waals surface area contributed by atoms with Crippen LogP contribution in [0, 0.1) is 0 Å². The van der Waals surface area contributed by atoms with Gasteiger partial charge in [-0.3, -0.25) is 4.90 Å². The summed E-state index contributed by atoms with van der Waals surface area (Å²) in [7, 11) is 2.09. The number of piperazine rings is 1. The first-order valence-electron chi connectivity index (χ1n) is 9.36. The maximum Gasteiger partial charge on any atom is 0.416 e. The molecular formula is C21H26F3N3O. The summed E-state index contributed by atoms with van der Waals surface area (Å²) in [6, 6.07) is 10.7. The summed E-state index contributed by atoms with van der Waals surface area (Å²) < 4.78 is 40.8. The van der Waals surface area contributed by atoms with Crippen molar-refractivity contribution in [3.8, 4) is 11.1 Å². The Morgan fingerprint density at radius 1 is 1.07 bits per heavy atom. The van der Waals surface area contributed by atoms with Gasteiger partial charge in [0.1, 0.15) is 0 Å². The van der Waals surface area contributed by atoms with Crippen LogP contribution in [-0.2, 0) is 12.7 Å². The van der Waals surface area contributed by atoms with Crippen LogP contribution in [0.5, 0.6) is 0 Å². The minimum absolute atomic E-state index is 0.0877. The molecule has 0 spiro atoms. The molecule has 0 amide bonds. The van der Waals surface area contributed by atoms with Crippen LogP contribution < -0.4 is 5.73 Å². The average molecular weight is 393 g/mol. The maximum atomic E-state index is 13.6. The number of benzene rings is 2. The molecule has 1 saturated heterocycles. The molecule has 1 heterocycles.